The molecule has 7 heteroatoms. The van der Waals surface area contributed by atoms with Crippen LogP contribution < -0.4 is 4.72 Å². The van der Waals surface area contributed by atoms with E-state index in [2.05, 4.69) is 32.3 Å². The van der Waals surface area contributed by atoms with Gasteiger partial charge in [-0.05, 0) is 47.7 Å². The fourth-order valence-electron chi connectivity index (χ4n) is 2.25. The zero-order chi connectivity index (χ0) is 17.9. The Bertz CT molecular complexity index is 849. The number of rotatable bonds is 6. The summed E-state index contributed by atoms with van der Waals surface area (Å²) >= 11 is 2.09. The third kappa shape index (κ3) is 4.32. The number of nitrogens with zero attached hydrogens (tertiary/aromatic N) is 1. The fraction of sp³-hybridized carbons (Fsp3) is 0.294. The smallest absolute Gasteiger partial charge is 0.263 e. The fourth-order valence-corrected chi connectivity index (χ4v) is 3.77. The maximum absolute atomic E-state index is 12.6. The second-order valence-electron chi connectivity index (χ2n) is 5.55. The van der Waals surface area contributed by atoms with Crippen LogP contribution in [0.15, 0.2) is 41.4 Å². The van der Waals surface area contributed by atoms with Crippen LogP contribution in [0, 0.1) is 10.5 Å². The number of anilines is 1. The van der Waals surface area contributed by atoms with Crippen LogP contribution >= 0.6 is 22.6 Å². The number of nitrogens with one attached hydrogen (secondary N) is 1. The molecule has 2 rings (SSSR count). The van der Waals surface area contributed by atoms with Gasteiger partial charge >= 0.3 is 0 Å². The number of carbonyl (C=O) groups excluding carboxylic acids is 1. The third-order valence-corrected chi connectivity index (χ3v) is 5.69. The van der Waals surface area contributed by atoms with Crippen LogP contribution in [0.1, 0.15) is 37.3 Å². The first-order chi connectivity index (χ1) is 11.2. The lowest BCUT2D eigenvalue weighted by molar-refractivity contribution is -0.119. The molecule has 2 aromatic rings. The Labute approximate surface area is 156 Å². The molecule has 0 saturated carbocycles. The zero-order valence-electron chi connectivity index (χ0n) is 13.7. The first-order valence-corrected chi connectivity index (χ1v) is 10.1. The minimum Gasteiger partial charge on any atom is -0.299 e. The van der Waals surface area contributed by atoms with Gasteiger partial charge in [0.15, 0.2) is 0 Å². The predicted octanol–water partition coefficient (Wildman–Crippen LogP) is 3.88. The van der Waals surface area contributed by atoms with Gasteiger partial charge in [-0.2, -0.15) is 0 Å². The minimum atomic E-state index is -3.76. The third-order valence-electron chi connectivity index (χ3n) is 3.74. The van der Waals surface area contributed by atoms with E-state index in [4.69, 9.17) is 0 Å². The van der Waals surface area contributed by atoms with Crippen molar-refractivity contribution in [3.05, 3.63) is 51.2 Å². The van der Waals surface area contributed by atoms with Crippen LogP contribution in [0.3, 0.4) is 0 Å². The first kappa shape index (κ1) is 18.9. The molecule has 0 spiro atoms. The number of ketones is 1. The summed E-state index contributed by atoms with van der Waals surface area (Å²) < 4.78 is 28.5. The molecule has 0 aliphatic heterocycles. The highest BCUT2D eigenvalue weighted by Gasteiger charge is 2.22. The first-order valence-electron chi connectivity index (χ1n) is 7.52. The van der Waals surface area contributed by atoms with Crippen LogP contribution in [0.25, 0.3) is 0 Å². The van der Waals surface area contributed by atoms with Crippen LogP contribution in [-0.2, 0) is 14.8 Å². The molecule has 1 heterocycles. The van der Waals surface area contributed by atoms with Gasteiger partial charge in [0.05, 0.1) is 4.90 Å². The summed E-state index contributed by atoms with van der Waals surface area (Å²) in [7, 11) is -3.76. The average Bonchev–Trinajstić information content (AvgIpc) is 2.55. The molecule has 0 radical (unpaired) electrons. The maximum atomic E-state index is 12.6. The molecule has 1 unspecified atom stereocenters. The van der Waals surface area contributed by atoms with Crippen molar-refractivity contribution in [3.63, 3.8) is 0 Å². The molecule has 0 amide bonds. The van der Waals surface area contributed by atoms with Gasteiger partial charge < -0.3 is 0 Å². The molecular weight excluding hydrogens is 439 g/mol. The Hall–Kier alpha value is -1.48. The van der Waals surface area contributed by atoms with Crippen molar-refractivity contribution < 1.29 is 13.2 Å². The Morgan fingerprint density at radius 3 is 2.50 bits per heavy atom. The van der Waals surface area contributed by atoms with E-state index in [-0.39, 0.29) is 16.5 Å². The van der Waals surface area contributed by atoms with Gasteiger partial charge in [0.2, 0.25) is 0 Å². The SMILES string of the molecule is CCC(=O)C(C)c1cc(I)cnc1NS(=O)(=O)c1ccc(C)cc1. The number of Topliss-reactive ketones (excluding diaryl/α,β-unsaturated/α-hetero) is 1. The van der Waals surface area contributed by atoms with Crippen molar-refractivity contribution in [3.8, 4) is 0 Å². The van der Waals surface area contributed by atoms with Crippen LogP contribution in [0.5, 0.6) is 0 Å². The van der Waals surface area contributed by atoms with E-state index in [9.17, 15) is 13.2 Å². The summed E-state index contributed by atoms with van der Waals surface area (Å²) in [5.74, 6) is -0.187. The van der Waals surface area contributed by atoms with Crippen molar-refractivity contribution in [1.82, 2.24) is 4.98 Å². The Kier molecular flexibility index (Phi) is 5.97. The van der Waals surface area contributed by atoms with Crippen LogP contribution in [0.4, 0.5) is 5.82 Å². The second-order valence-corrected chi connectivity index (χ2v) is 8.48. The molecule has 24 heavy (non-hydrogen) atoms. The van der Waals surface area contributed by atoms with E-state index in [1.54, 1.807) is 50.4 Å². The predicted molar refractivity (Wildman–Crippen MR) is 103 cm³/mol. The number of hydrogen-bond donors (Lipinski definition) is 1. The Morgan fingerprint density at radius 1 is 1.29 bits per heavy atom. The van der Waals surface area contributed by atoms with Gasteiger partial charge in [-0.15, -0.1) is 0 Å². The lowest BCUT2D eigenvalue weighted by atomic mass is 9.96. The quantitative estimate of drug-likeness (QED) is 0.667. The molecule has 0 fully saturated rings. The number of carbonyl (C=O) groups is 1. The highest BCUT2D eigenvalue weighted by molar-refractivity contribution is 14.1. The van der Waals surface area contributed by atoms with E-state index in [1.807, 2.05) is 6.92 Å². The van der Waals surface area contributed by atoms with E-state index < -0.39 is 15.9 Å². The summed E-state index contributed by atoms with van der Waals surface area (Å²) in [6.45, 7) is 5.44. The molecule has 0 aliphatic rings. The summed E-state index contributed by atoms with van der Waals surface area (Å²) in [5.41, 5.74) is 1.56. The van der Waals surface area contributed by atoms with Gasteiger partial charge in [-0.25, -0.2) is 13.4 Å². The molecule has 0 bridgehead atoms. The molecular formula is C17H19IN2O3S. The summed E-state index contributed by atoms with van der Waals surface area (Å²) in [4.78, 5) is 16.4. The minimum absolute atomic E-state index is 0.0367. The van der Waals surface area contributed by atoms with Crippen LogP contribution in [0.2, 0.25) is 0 Å². The van der Waals surface area contributed by atoms with Crippen molar-refractivity contribution in [1.29, 1.82) is 0 Å². The highest BCUT2D eigenvalue weighted by Crippen LogP contribution is 2.28. The van der Waals surface area contributed by atoms with E-state index in [1.165, 1.54) is 0 Å². The molecule has 1 atom stereocenters. The number of pyridine rings is 1. The largest absolute Gasteiger partial charge is 0.299 e. The van der Waals surface area contributed by atoms with Crippen molar-refractivity contribution in [2.45, 2.75) is 38.0 Å². The van der Waals surface area contributed by atoms with E-state index in [0.29, 0.717) is 12.0 Å². The lowest BCUT2D eigenvalue weighted by Gasteiger charge is -2.16. The van der Waals surface area contributed by atoms with Gasteiger partial charge in [-0.3, -0.25) is 9.52 Å². The summed E-state index contributed by atoms with van der Waals surface area (Å²) in [5, 5.41) is 0. The topological polar surface area (TPSA) is 76.1 Å². The Balaban J connectivity index is 2.42. The number of hydrogen-bond acceptors (Lipinski definition) is 4. The summed E-state index contributed by atoms with van der Waals surface area (Å²) in [6, 6.07) is 8.36. The standard InChI is InChI=1S/C17H19IN2O3S/c1-4-16(21)12(3)15-9-13(18)10-19-17(15)20-24(22,23)14-7-5-11(2)6-8-14/h5-10,12H,4H2,1-3H3,(H,19,20). The molecule has 0 saturated heterocycles. The summed E-state index contributed by atoms with van der Waals surface area (Å²) in [6.07, 6.45) is 1.96. The number of aryl methyl sites for hydroxylation is 1. The number of halogens is 1. The van der Waals surface area contributed by atoms with Crippen LogP contribution in [-0.4, -0.2) is 19.2 Å². The number of aromatic nitrogens is 1. The molecule has 1 aromatic carbocycles. The number of sulfonamides is 1. The van der Waals surface area contributed by atoms with Gasteiger partial charge in [-0.1, -0.05) is 31.5 Å². The monoisotopic (exact) mass is 458 g/mol. The van der Waals surface area contributed by atoms with Crippen molar-refractivity contribution in [2.24, 2.45) is 0 Å². The normalized spacial score (nSPS) is 12.7. The van der Waals surface area contributed by atoms with E-state index in [0.717, 1.165) is 9.13 Å². The van der Waals surface area contributed by atoms with E-state index >= 15 is 0 Å². The Morgan fingerprint density at radius 2 is 1.92 bits per heavy atom. The lowest BCUT2D eigenvalue weighted by Crippen LogP contribution is -2.18. The van der Waals surface area contributed by atoms with Gasteiger partial charge in [0.1, 0.15) is 11.6 Å². The average molecular weight is 458 g/mol. The molecule has 0 aliphatic carbocycles. The maximum Gasteiger partial charge on any atom is 0.263 e. The van der Waals surface area contributed by atoms with Gasteiger partial charge in [0.25, 0.3) is 10.0 Å². The number of benzene rings is 1. The van der Waals surface area contributed by atoms with Crippen molar-refractivity contribution >= 4 is 44.2 Å². The molecule has 1 aromatic heterocycles. The van der Waals surface area contributed by atoms with Crippen molar-refractivity contribution in [2.75, 3.05) is 4.72 Å². The highest BCUT2D eigenvalue weighted by atomic mass is 127. The second kappa shape index (κ2) is 7.60. The molecule has 5 nitrogen and oxygen atoms in total. The molecule has 1 N–H and O–H groups in total. The molecule has 128 valence electrons. The van der Waals surface area contributed by atoms with Gasteiger partial charge in [0, 0.05) is 27.7 Å². The zero-order valence-corrected chi connectivity index (χ0v) is 16.7.